The summed E-state index contributed by atoms with van der Waals surface area (Å²) < 4.78 is 0. The van der Waals surface area contributed by atoms with Gasteiger partial charge in [0, 0.05) is 11.9 Å². The van der Waals surface area contributed by atoms with E-state index in [4.69, 9.17) is 0 Å². The first-order valence-corrected chi connectivity index (χ1v) is 6.19. The Kier molecular flexibility index (Phi) is 2.76. The quantitative estimate of drug-likeness (QED) is 0.747. The van der Waals surface area contributed by atoms with Gasteiger partial charge in [0.25, 0.3) is 0 Å². The van der Waals surface area contributed by atoms with Gasteiger partial charge in [0.2, 0.25) is 5.91 Å². The largest absolute Gasteiger partial charge is 0.325 e. The van der Waals surface area contributed by atoms with E-state index >= 15 is 0 Å². The van der Waals surface area contributed by atoms with Gasteiger partial charge in [-0.15, -0.1) is 0 Å². The Hall–Kier alpha value is -1.88. The number of nitrogens with one attached hydrogen (secondary N) is 3. The average molecular weight is 244 g/mol. The van der Waals surface area contributed by atoms with Crippen molar-refractivity contribution < 1.29 is 4.79 Å². The molecule has 1 aromatic carbocycles. The molecule has 0 spiro atoms. The Balaban J connectivity index is 1.84. The van der Waals surface area contributed by atoms with Crippen LogP contribution in [0.25, 0.3) is 10.9 Å². The minimum absolute atomic E-state index is 0.0483. The van der Waals surface area contributed by atoms with E-state index in [1.54, 1.807) is 6.20 Å². The number of rotatable bonds is 2. The molecule has 3 N–H and O–H groups in total. The lowest BCUT2D eigenvalue weighted by atomic mass is 9.97. The maximum atomic E-state index is 12.2. The van der Waals surface area contributed by atoms with Crippen molar-refractivity contribution in [3.63, 3.8) is 0 Å². The number of carbonyl (C=O) groups is 1. The van der Waals surface area contributed by atoms with E-state index in [0.717, 1.165) is 29.7 Å². The average Bonchev–Trinajstić information content (AvgIpc) is 2.97. The van der Waals surface area contributed by atoms with Crippen molar-refractivity contribution >= 4 is 22.5 Å². The van der Waals surface area contributed by atoms with Crippen molar-refractivity contribution in [2.75, 3.05) is 18.4 Å². The second-order valence-corrected chi connectivity index (χ2v) is 4.87. The van der Waals surface area contributed by atoms with Crippen LogP contribution in [0.1, 0.15) is 6.92 Å². The van der Waals surface area contributed by atoms with Gasteiger partial charge in [0.15, 0.2) is 0 Å². The van der Waals surface area contributed by atoms with Gasteiger partial charge in [-0.2, -0.15) is 5.10 Å². The Morgan fingerprint density at radius 1 is 1.44 bits per heavy atom. The van der Waals surface area contributed by atoms with E-state index in [2.05, 4.69) is 27.8 Å². The SMILES string of the molecule is C[C@@H]1CNC[C@H]1C(=O)Nc1cccc2[nH]ncc12. The highest BCUT2D eigenvalue weighted by Crippen LogP contribution is 2.23. The molecule has 0 aliphatic carbocycles. The summed E-state index contributed by atoms with van der Waals surface area (Å²) in [5.41, 5.74) is 1.76. The molecule has 18 heavy (non-hydrogen) atoms. The number of aromatic nitrogens is 2. The van der Waals surface area contributed by atoms with Gasteiger partial charge < -0.3 is 10.6 Å². The highest BCUT2D eigenvalue weighted by molar-refractivity contribution is 6.01. The van der Waals surface area contributed by atoms with Gasteiger partial charge in [-0.1, -0.05) is 13.0 Å². The molecule has 0 radical (unpaired) electrons. The fraction of sp³-hybridized carbons (Fsp3) is 0.385. The van der Waals surface area contributed by atoms with Crippen LogP contribution in [0.4, 0.5) is 5.69 Å². The zero-order valence-electron chi connectivity index (χ0n) is 10.2. The first kappa shape index (κ1) is 11.2. The fourth-order valence-electron chi connectivity index (χ4n) is 2.46. The first-order valence-electron chi connectivity index (χ1n) is 6.19. The number of hydrogen-bond donors (Lipinski definition) is 3. The van der Waals surface area contributed by atoms with Crippen molar-refractivity contribution in [3.8, 4) is 0 Å². The van der Waals surface area contributed by atoms with Gasteiger partial charge >= 0.3 is 0 Å². The number of amides is 1. The minimum atomic E-state index is 0.0483. The predicted octanol–water partition coefficient (Wildman–Crippen LogP) is 1.36. The summed E-state index contributed by atoms with van der Waals surface area (Å²) in [5.74, 6) is 0.516. The third-order valence-electron chi connectivity index (χ3n) is 3.60. The normalized spacial score (nSPS) is 23.4. The summed E-state index contributed by atoms with van der Waals surface area (Å²) in [7, 11) is 0. The van der Waals surface area contributed by atoms with E-state index in [0.29, 0.717) is 5.92 Å². The van der Waals surface area contributed by atoms with Crippen LogP contribution >= 0.6 is 0 Å². The van der Waals surface area contributed by atoms with Crippen molar-refractivity contribution in [1.82, 2.24) is 15.5 Å². The number of anilines is 1. The van der Waals surface area contributed by atoms with Crippen molar-refractivity contribution in [2.45, 2.75) is 6.92 Å². The van der Waals surface area contributed by atoms with Crippen LogP contribution < -0.4 is 10.6 Å². The standard InChI is InChI=1S/C13H16N4O/c1-8-5-14-6-9(8)13(18)16-11-3-2-4-12-10(11)7-15-17-12/h2-4,7-9,14H,5-6H2,1H3,(H,15,17)(H,16,18)/t8-,9-/m1/s1. The molecule has 0 saturated carbocycles. The van der Waals surface area contributed by atoms with Gasteiger partial charge in [0.1, 0.15) is 0 Å². The van der Waals surface area contributed by atoms with Crippen LogP contribution in [-0.2, 0) is 4.79 Å². The summed E-state index contributed by atoms with van der Waals surface area (Å²) in [4.78, 5) is 12.2. The molecular weight excluding hydrogens is 228 g/mol. The lowest BCUT2D eigenvalue weighted by molar-refractivity contribution is -0.120. The molecule has 1 amide bonds. The summed E-state index contributed by atoms with van der Waals surface area (Å²) in [6.07, 6.45) is 1.74. The second-order valence-electron chi connectivity index (χ2n) is 4.87. The lowest BCUT2D eigenvalue weighted by Crippen LogP contribution is -2.27. The number of carbonyl (C=O) groups excluding carboxylic acids is 1. The third-order valence-corrected chi connectivity index (χ3v) is 3.60. The molecule has 2 atom stereocenters. The smallest absolute Gasteiger partial charge is 0.229 e. The molecule has 5 heteroatoms. The molecule has 3 rings (SSSR count). The number of H-pyrrole nitrogens is 1. The van der Waals surface area contributed by atoms with Crippen LogP contribution in [0.3, 0.4) is 0 Å². The summed E-state index contributed by atoms with van der Waals surface area (Å²) in [5, 5.41) is 14.1. The third kappa shape index (κ3) is 1.86. The molecule has 1 aromatic heterocycles. The number of fused-ring (bicyclic) bond motifs is 1. The fourth-order valence-corrected chi connectivity index (χ4v) is 2.46. The Morgan fingerprint density at radius 2 is 2.33 bits per heavy atom. The van der Waals surface area contributed by atoms with Crippen LogP contribution in [0.5, 0.6) is 0 Å². The first-order chi connectivity index (χ1) is 8.75. The van der Waals surface area contributed by atoms with Gasteiger partial charge in [-0.25, -0.2) is 0 Å². The van der Waals surface area contributed by atoms with E-state index in [1.165, 1.54) is 0 Å². The van der Waals surface area contributed by atoms with E-state index in [9.17, 15) is 4.79 Å². The molecule has 1 aliphatic rings. The van der Waals surface area contributed by atoms with Crippen molar-refractivity contribution in [2.24, 2.45) is 11.8 Å². The van der Waals surface area contributed by atoms with Crippen LogP contribution in [0.15, 0.2) is 24.4 Å². The molecular formula is C13H16N4O. The lowest BCUT2D eigenvalue weighted by Gasteiger charge is -2.14. The molecule has 1 saturated heterocycles. The molecule has 0 bridgehead atoms. The van der Waals surface area contributed by atoms with Gasteiger partial charge in [0.05, 0.1) is 23.3 Å². The van der Waals surface area contributed by atoms with Crippen molar-refractivity contribution in [1.29, 1.82) is 0 Å². The molecule has 94 valence electrons. The Bertz CT molecular complexity index is 577. The number of hydrogen-bond acceptors (Lipinski definition) is 3. The van der Waals surface area contributed by atoms with E-state index in [1.807, 2.05) is 18.2 Å². The number of aromatic amines is 1. The summed E-state index contributed by atoms with van der Waals surface area (Å²) in [6.45, 7) is 3.77. The Morgan fingerprint density at radius 3 is 3.11 bits per heavy atom. The van der Waals surface area contributed by atoms with Gasteiger partial charge in [-0.3, -0.25) is 9.89 Å². The predicted molar refractivity (Wildman–Crippen MR) is 70.2 cm³/mol. The Labute approximate surface area is 105 Å². The van der Waals surface area contributed by atoms with E-state index < -0.39 is 0 Å². The van der Waals surface area contributed by atoms with Crippen LogP contribution in [0, 0.1) is 11.8 Å². The zero-order valence-corrected chi connectivity index (χ0v) is 10.2. The molecule has 1 fully saturated rings. The molecule has 2 heterocycles. The summed E-state index contributed by atoms with van der Waals surface area (Å²) in [6, 6.07) is 5.76. The number of benzene rings is 1. The van der Waals surface area contributed by atoms with Crippen LogP contribution in [-0.4, -0.2) is 29.2 Å². The van der Waals surface area contributed by atoms with E-state index in [-0.39, 0.29) is 11.8 Å². The molecule has 5 nitrogen and oxygen atoms in total. The van der Waals surface area contributed by atoms with Gasteiger partial charge in [-0.05, 0) is 24.6 Å². The maximum absolute atomic E-state index is 12.2. The van der Waals surface area contributed by atoms with Crippen LogP contribution in [0.2, 0.25) is 0 Å². The maximum Gasteiger partial charge on any atom is 0.229 e. The topological polar surface area (TPSA) is 69.8 Å². The molecule has 0 unspecified atom stereocenters. The monoisotopic (exact) mass is 244 g/mol. The molecule has 2 aromatic rings. The minimum Gasteiger partial charge on any atom is -0.325 e. The van der Waals surface area contributed by atoms with Crippen molar-refractivity contribution in [3.05, 3.63) is 24.4 Å². The zero-order chi connectivity index (χ0) is 12.5. The highest BCUT2D eigenvalue weighted by atomic mass is 16.1. The molecule has 1 aliphatic heterocycles. The second kappa shape index (κ2) is 4.42. The summed E-state index contributed by atoms with van der Waals surface area (Å²) >= 11 is 0. The highest BCUT2D eigenvalue weighted by Gasteiger charge is 2.29. The number of nitrogens with zero attached hydrogens (tertiary/aromatic N) is 1.